The smallest absolute Gasteiger partial charge is 0.367 e. The van der Waals surface area contributed by atoms with Gasteiger partial charge in [-0.15, -0.1) is 0 Å². The van der Waals surface area contributed by atoms with Crippen LogP contribution in [-0.4, -0.2) is 18.7 Å². The van der Waals surface area contributed by atoms with Crippen LogP contribution in [0.2, 0.25) is 0 Å². The lowest BCUT2D eigenvalue weighted by Gasteiger charge is -2.08. The number of alkyl halides is 3. The van der Waals surface area contributed by atoms with E-state index in [-0.39, 0.29) is 12.5 Å². The van der Waals surface area contributed by atoms with Crippen molar-refractivity contribution < 1.29 is 22.7 Å². The van der Waals surface area contributed by atoms with Crippen molar-refractivity contribution >= 4 is 11.6 Å². The van der Waals surface area contributed by atoms with Gasteiger partial charge in [-0.3, -0.25) is 4.79 Å². The highest BCUT2D eigenvalue weighted by atomic mass is 19.4. The highest BCUT2D eigenvalue weighted by molar-refractivity contribution is 6.04. The Morgan fingerprint density at radius 2 is 1.71 bits per heavy atom. The monoisotopic (exact) mass is 334 g/mol. The molecule has 0 saturated carbocycles. The molecular weight excluding hydrogens is 321 g/mol. The fourth-order valence-electron chi connectivity index (χ4n) is 1.87. The van der Waals surface area contributed by atoms with Crippen LogP contribution < -0.4 is 5.32 Å². The van der Waals surface area contributed by atoms with E-state index in [2.05, 4.69) is 10.1 Å². The van der Waals surface area contributed by atoms with Crippen LogP contribution in [0.15, 0.2) is 48.5 Å². The molecule has 0 aliphatic rings. The molecular formula is C17H13F3N2O2. The molecule has 7 heteroatoms. The second kappa shape index (κ2) is 7.62. The van der Waals surface area contributed by atoms with Gasteiger partial charge in [-0.1, -0.05) is 12.1 Å². The summed E-state index contributed by atoms with van der Waals surface area (Å²) in [5.74, 6) is -0.359. The van der Waals surface area contributed by atoms with Crippen LogP contribution in [0.3, 0.4) is 0 Å². The molecule has 124 valence electrons. The number of nitrogens with one attached hydrogen (secondary N) is 1. The Balaban J connectivity index is 1.92. The van der Waals surface area contributed by atoms with E-state index in [1.165, 1.54) is 24.3 Å². The molecule has 0 spiro atoms. The Kier molecular flexibility index (Phi) is 5.55. The summed E-state index contributed by atoms with van der Waals surface area (Å²) in [4.78, 5) is 12.1. The normalized spacial score (nSPS) is 10.9. The van der Waals surface area contributed by atoms with Gasteiger partial charge in [0, 0.05) is 11.3 Å². The molecule has 1 amide bonds. The van der Waals surface area contributed by atoms with E-state index in [0.717, 1.165) is 0 Å². The summed E-state index contributed by atoms with van der Waals surface area (Å²) in [6.45, 7) is -1.50. The summed E-state index contributed by atoms with van der Waals surface area (Å²) >= 11 is 0. The van der Waals surface area contributed by atoms with E-state index in [1.807, 2.05) is 6.07 Å². The Hall–Kier alpha value is -2.85. The highest BCUT2D eigenvalue weighted by Crippen LogP contribution is 2.16. The number of ether oxygens (including phenoxy) is 1. The topological polar surface area (TPSA) is 62.1 Å². The summed E-state index contributed by atoms with van der Waals surface area (Å²) in [5.41, 5.74) is 1.92. The largest absolute Gasteiger partial charge is 0.411 e. The van der Waals surface area contributed by atoms with Crippen molar-refractivity contribution in [1.29, 1.82) is 5.26 Å². The first kappa shape index (κ1) is 17.5. The molecule has 2 aromatic carbocycles. The van der Waals surface area contributed by atoms with Crippen molar-refractivity contribution in [2.45, 2.75) is 12.8 Å². The van der Waals surface area contributed by atoms with E-state index in [4.69, 9.17) is 5.26 Å². The number of carbonyl (C=O) groups is 1. The molecule has 0 heterocycles. The number of nitriles is 1. The molecule has 0 aliphatic heterocycles. The predicted molar refractivity (Wildman–Crippen MR) is 81.3 cm³/mol. The maximum atomic E-state index is 12.1. The van der Waals surface area contributed by atoms with Gasteiger partial charge in [0.05, 0.1) is 18.2 Å². The minimum Gasteiger partial charge on any atom is -0.367 e. The molecule has 1 N–H and O–H groups in total. The molecule has 0 radical (unpaired) electrons. The van der Waals surface area contributed by atoms with Crippen LogP contribution in [0, 0.1) is 11.3 Å². The van der Waals surface area contributed by atoms with E-state index < -0.39 is 12.8 Å². The van der Waals surface area contributed by atoms with Gasteiger partial charge in [0.15, 0.2) is 0 Å². The molecule has 24 heavy (non-hydrogen) atoms. The number of amides is 1. The second-order valence-corrected chi connectivity index (χ2v) is 4.95. The van der Waals surface area contributed by atoms with Crippen LogP contribution in [0.1, 0.15) is 21.5 Å². The number of rotatable bonds is 5. The van der Waals surface area contributed by atoms with Gasteiger partial charge in [-0.05, 0) is 42.0 Å². The third kappa shape index (κ3) is 5.41. The summed E-state index contributed by atoms with van der Waals surface area (Å²) in [7, 11) is 0. The molecule has 4 nitrogen and oxygen atoms in total. The van der Waals surface area contributed by atoms with Gasteiger partial charge in [0.2, 0.25) is 0 Å². The van der Waals surface area contributed by atoms with E-state index >= 15 is 0 Å². The summed E-state index contributed by atoms with van der Waals surface area (Å²) in [6.07, 6.45) is -4.36. The Morgan fingerprint density at radius 3 is 2.25 bits per heavy atom. The highest BCUT2D eigenvalue weighted by Gasteiger charge is 2.27. The minimum absolute atomic E-state index is 0.184. The number of nitrogens with zero attached hydrogens (tertiary/aromatic N) is 1. The number of benzene rings is 2. The van der Waals surface area contributed by atoms with Gasteiger partial charge in [0.25, 0.3) is 5.91 Å². The van der Waals surface area contributed by atoms with Crippen molar-refractivity contribution in [3.8, 4) is 6.07 Å². The van der Waals surface area contributed by atoms with Gasteiger partial charge in [0.1, 0.15) is 6.61 Å². The zero-order valence-corrected chi connectivity index (χ0v) is 12.4. The number of hydrogen-bond acceptors (Lipinski definition) is 3. The van der Waals surface area contributed by atoms with Crippen LogP contribution >= 0.6 is 0 Å². The van der Waals surface area contributed by atoms with Gasteiger partial charge in [-0.2, -0.15) is 18.4 Å². The minimum atomic E-state index is -4.36. The average Bonchev–Trinajstić information content (AvgIpc) is 2.55. The van der Waals surface area contributed by atoms with E-state index in [0.29, 0.717) is 22.4 Å². The summed E-state index contributed by atoms with van der Waals surface area (Å²) in [6, 6.07) is 14.4. The molecule has 2 aromatic rings. The van der Waals surface area contributed by atoms with Crippen LogP contribution in [0.4, 0.5) is 18.9 Å². The van der Waals surface area contributed by atoms with Gasteiger partial charge in [-0.25, -0.2) is 0 Å². The van der Waals surface area contributed by atoms with Crippen LogP contribution in [0.5, 0.6) is 0 Å². The first-order valence-corrected chi connectivity index (χ1v) is 6.92. The lowest BCUT2D eigenvalue weighted by Crippen LogP contribution is -2.16. The SMILES string of the molecule is N#Cc1ccc(NC(=O)c2ccc(COCC(F)(F)F)cc2)cc1. The number of carbonyl (C=O) groups excluding carboxylic acids is 1. The van der Waals surface area contributed by atoms with Gasteiger partial charge < -0.3 is 10.1 Å². The quantitative estimate of drug-likeness (QED) is 0.902. The van der Waals surface area contributed by atoms with Crippen molar-refractivity contribution in [3.05, 3.63) is 65.2 Å². The number of hydrogen-bond donors (Lipinski definition) is 1. The van der Waals surface area contributed by atoms with Crippen LogP contribution in [-0.2, 0) is 11.3 Å². The molecule has 2 rings (SSSR count). The standard InChI is InChI=1S/C17H13F3N2O2/c18-17(19,20)11-24-10-13-1-5-14(6-2-13)16(23)22-15-7-3-12(9-21)4-8-15/h1-8H,10-11H2,(H,22,23). The fourth-order valence-corrected chi connectivity index (χ4v) is 1.87. The molecule has 0 bridgehead atoms. The van der Waals surface area contributed by atoms with Crippen LogP contribution in [0.25, 0.3) is 0 Å². The lowest BCUT2D eigenvalue weighted by atomic mass is 10.1. The van der Waals surface area contributed by atoms with Crippen molar-refractivity contribution in [1.82, 2.24) is 0 Å². The third-order valence-electron chi connectivity index (χ3n) is 3.02. The first-order valence-electron chi connectivity index (χ1n) is 6.92. The molecule has 0 unspecified atom stereocenters. The second-order valence-electron chi connectivity index (χ2n) is 4.95. The molecule has 0 fully saturated rings. The van der Waals surface area contributed by atoms with Crippen molar-refractivity contribution in [3.63, 3.8) is 0 Å². The zero-order valence-electron chi connectivity index (χ0n) is 12.4. The van der Waals surface area contributed by atoms with Crippen molar-refractivity contribution in [2.75, 3.05) is 11.9 Å². The number of halogens is 3. The van der Waals surface area contributed by atoms with E-state index in [9.17, 15) is 18.0 Å². The average molecular weight is 334 g/mol. The molecule has 0 aliphatic carbocycles. The first-order chi connectivity index (χ1) is 11.4. The molecule has 0 atom stereocenters. The fraction of sp³-hybridized carbons (Fsp3) is 0.176. The maximum absolute atomic E-state index is 12.1. The van der Waals surface area contributed by atoms with Gasteiger partial charge >= 0.3 is 6.18 Å². The number of anilines is 1. The Morgan fingerprint density at radius 1 is 1.08 bits per heavy atom. The molecule has 0 saturated heterocycles. The van der Waals surface area contributed by atoms with Crippen molar-refractivity contribution in [2.24, 2.45) is 0 Å². The predicted octanol–water partition coefficient (Wildman–Crippen LogP) is 3.89. The van der Waals surface area contributed by atoms with E-state index in [1.54, 1.807) is 24.3 Å². The maximum Gasteiger partial charge on any atom is 0.411 e. The Bertz CT molecular complexity index is 732. The summed E-state index contributed by atoms with van der Waals surface area (Å²) in [5, 5.41) is 11.4. The third-order valence-corrected chi connectivity index (χ3v) is 3.02. The zero-order chi connectivity index (χ0) is 17.6. The summed E-state index contributed by atoms with van der Waals surface area (Å²) < 4.78 is 40.5. The lowest BCUT2D eigenvalue weighted by molar-refractivity contribution is -0.176. The Labute approximate surface area is 136 Å². The molecule has 0 aromatic heterocycles.